The van der Waals surface area contributed by atoms with Gasteiger partial charge >= 0.3 is 5.97 Å². The number of ether oxygens (including phenoxy) is 1. The van der Waals surface area contributed by atoms with Crippen LogP contribution in [-0.4, -0.2) is 35.2 Å². The van der Waals surface area contributed by atoms with E-state index in [1.807, 2.05) is 24.4 Å². The predicted molar refractivity (Wildman–Crippen MR) is 83.9 cm³/mol. The lowest BCUT2D eigenvalue weighted by atomic mass is 10.2. The maximum absolute atomic E-state index is 11.7. The van der Waals surface area contributed by atoms with E-state index in [9.17, 15) is 9.59 Å². The van der Waals surface area contributed by atoms with Crippen molar-refractivity contribution in [2.75, 3.05) is 13.2 Å². The van der Waals surface area contributed by atoms with Gasteiger partial charge in [-0.05, 0) is 30.4 Å². The number of nitrogens with zero attached hydrogens (tertiary/aromatic N) is 1. The van der Waals surface area contributed by atoms with E-state index in [1.165, 1.54) is 4.88 Å². The summed E-state index contributed by atoms with van der Waals surface area (Å²) in [4.78, 5) is 24.6. The van der Waals surface area contributed by atoms with Gasteiger partial charge in [0.15, 0.2) is 12.3 Å². The average molecular weight is 321 g/mol. The number of carbonyl (C=O) groups excluding carboxylic acids is 2. The van der Waals surface area contributed by atoms with E-state index in [4.69, 9.17) is 4.74 Å². The largest absolute Gasteiger partial charge is 0.451 e. The van der Waals surface area contributed by atoms with Crippen LogP contribution in [0.15, 0.2) is 23.6 Å². The van der Waals surface area contributed by atoms with Crippen LogP contribution in [0.5, 0.6) is 0 Å². The van der Waals surface area contributed by atoms with Crippen molar-refractivity contribution in [1.82, 2.24) is 15.5 Å². The van der Waals surface area contributed by atoms with Crippen LogP contribution in [0.1, 0.15) is 34.4 Å². The maximum atomic E-state index is 11.7. The molecule has 0 radical (unpaired) electrons. The number of aryl methyl sites for hydroxylation is 1. The standard InChI is InChI=1S/C15H19N3O3S/c1-2-4-11-9-13(18-17-11)15(20)21-10-14(19)16-7-6-12-5-3-8-22-12/h3,5,8-9H,2,4,6-7,10H2,1H3,(H,16,19)(H,17,18). The molecule has 2 rings (SSSR count). The smallest absolute Gasteiger partial charge is 0.359 e. The van der Waals surface area contributed by atoms with Crippen LogP contribution in [0.3, 0.4) is 0 Å². The van der Waals surface area contributed by atoms with E-state index < -0.39 is 5.97 Å². The molecule has 2 heterocycles. The molecule has 0 unspecified atom stereocenters. The third kappa shape index (κ3) is 5.00. The number of amides is 1. The zero-order chi connectivity index (χ0) is 15.8. The lowest BCUT2D eigenvalue weighted by Crippen LogP contribution is -2.30. The van der Waals surface area contributed by atoms with Gasteiger partial charge in [0.2, 0.25) is 0 Å². The van der Waals surface area contributed by atoms with Crippen molar-refractivity contribution < 1.29 is 14.3 Å². The Balaban J connectivity index is 1.67. The van der Waals surface area contributed by atoms with Gasteiger partial charge in [-0.15, -0.1) is 11.3 Å². The first-order valence-electron chi connectivity index (χ1n) is 7.19. The molecular formula is C15H19N3O3S. The number of aromatic amines is 1. The number of rotatable bonds is 8. The van der Waals surface area contributed by atoms with Crippen molar-refractivity contribution in [3.63, 3.8) is 0 Å². The Hall–Kier alpha value is -2.15. The fraction of sp³-hybridized carbons (Fsp3) is 0.400. The molecule has 1 amide bonds. The molecule has 7 heteroatoms. The highest BCUT2D eigenvalue weighted by Crippen LogP contribution is 2.08. The third-order valence-electron chi connectivity index (χ3n) is 2.97. The van der Waals surface area contributed by atoms with Gasteiger partial charge in [-0.2, -0.15) is 5.10 Å². The Labute approximate surface area is 132 Å². The van der Waals surface area contributed by atoms with Crippen molar-refractivity contribution in [3.8, 4) is 0 Å². The number of hydrogen-bond acceptors (Lipinski definition) is 5. The highest BCUT2D eigenvalue weighted by Gasteiger charge is 2.13. The summed E-state index contributed by atoms with van der Waals surface area (Å²) in [6, 6.07) is 5.64. The van der Waals surface area contributed by atoms with E-state index in [0.717, 1.165) is 25.0 Å². The number of esters is 1. The second kappa shape index (κ2) is 8.33. The zero-order valence-corrected chi connectivity index (χ0v) is 13.2. The number of nitrogens with one attached hydrogen (secondary N) is 2. The van der Waals surface area contributed by atoms with Gasteiger partial charge in [0.05, 0.1) is 0 Å². The molecule has 0 aromatic carbocycles. The molecule has 0 saturated heterocycles. The Morgan fingerprint density at radius 3 is 3.00 bits per heavy atom. The van der Waals surface area contributed by atoms with E-state index in [1.54, 1.807) is 17.4 Å². The molecule has 0 aliphatic heterocycles. The number of hydrogen-bond donors (Lipinski definition) is 2. The molecule has 6 nitrogen and oxygen atoms in total. The van der Waals surface area contributed by atoms with E-state index >= 15 is 0 Å². The summed E-state index contributed by atoms with van der Waals surface area (Å²) in [5, 5.41) is 11.4. The summed E-state index contributed by atoms with van der Waals surface area (Å²) in [5.41, 5.74) is 1.09. The fourth-order valence-corrected chi connectivity index (χ4v) is 2.61. The molecule has 0 aliphatic carbocycles. The monoisotopic (exact) mass is 321 g/mol. The lowest BCUT2D eigenvalue weighted by molar-refractivity contribution is -0.124. The molecule has 2 aromatic heterocycles. The molecule has 0 aliphatic rings. The van der Waals surface area contributed by atoms with Crippen LogP contribution in [0.2, 0.25) is 0 Å². The van der Waals surface area contributed by atoms with Crippen LogP contribution in [0.4, 0.5) is 0 Å². The number of aromatic nitrogens is 2. The first-order valence-corrected chi connectivity index (χ1v) is 8.07. The molecule has 2 aromatic rings. The van der Waals surface area contributed by atoms with E-state index in [2.05, 4.69) is 15.5 Å². The van der Waals surface area contributed by atoms with Crippen molar-refractivity contribution >= 4 is 23.2 Å². The molecule has 22 heavy (non-hydrogen) atoms. The average Bonchev–Trinajstić information content (AvgIpc) is 3.17. The zero-order valence-electron chi connectivity index (χ0n) is 12.4. The summed E-state index contributed by atoms with van der Waals surface area (Å²) in [5.74, 6) is -0.902. The van der Waals surface area contributed by atoms with E-state index in [0.29, 0.717) is 6.54 Å². The summed E-state index contributed by atoms with van der Waals surface area (Å²) >= 11 is 1.65. The fourth-order valence-electron chi connectivity index (χ4n) is 1.90. The minimum atomic E-state index is -0.591. The van der Waals surface area contributed by atoms with Crippen molar-refractivity contribution in [2.24, 2.45) is 0 Å². The Morgan fingerprint density at radius 1 is 1.41 bits per heavy atom. The first kappa shape index (κ1) is 16.2. The quantitative estimate of drug-likeness (QED) is 0.728. The van der Waals surface area contributed by atoms with Gasteiger partial charge in [-0.1, -0.05) is 19.4 Å². The highest BCUT2D eigenvalue weighted by atomic mass is 32.1. The first-order chi connectivity index (χ1) is 10.7. The SMILES string of the molecule is CCCc1cc(C(=O)OCC(=O)NCCc2cccs2)n[nH]1. The maximum Gasteiger partial charge on any atom is 0.359 e. The van der Waals surface area contributed by atoms with Crippen molar-refractivity contribution in [1.29, 1.82) is 0 Å². The van der Waals surface area contributed by atoms with Crippen LogP contribution in [-0.2, 0) is 22.4 Å². The third-order valence-corrected chi connectivity index (χ3v) is 3.90. The summed E-state index contributed by atoms with van der Waals surface area (Å²) in [6.07, 6.45) is 2.56. The molecule has 0 fully saturated rings. The number of carbonyl (C=O) groups is 2. The predicted octanol–water partition coefficient (Wildman–Crippen LogP) is 1.94. The minimum absolute atomic E-state index is 0.204. The number of H-pyrrole nitrogens is 1. The molecule has 118 valence electrons. The molecule has 0 spiro atoms. The molecule has 0 saturated carbocycles. The van der Waals surface area contributed by atoms with Crippen molar-refractivity contribution in [3.05, 3.63) is 39.8 Å². The number of thiophene rings is 1. The Kier molecular flexibility index (Phi) is 6.14. The highest BCUT2D eigenvalue weighted by molar-refractivity contribution is 7.09. The van der Waals surface area contributed by atoms with Crippen LogP contribution in [0.25, 0.3) is 0 Å². The van der Waals surface area contributed by atoms with Gasteiger partial charge in [0, 0.05) is 17.1 Å². The van der Waals surface area contributed by atoms with Gasteiger partial charge in [-0.25, -0.2) is 4.79 Å². The van der Waals surface area contributed by atoms with E-state index in [-0.39, 0.29) is 18.2 Å². The molecule has 2 N–H and O–H groups in total. The molecular weight excluding hydrogens is 302 g/mol. The van der Waals surface area contributed by atoms with Gasteiger partial charge in [0.25, 0.3) is 5.91 Å². The summed E-state index contributed by atoms with van der Waals surface area (Å²) < 4.78 is 4.94. The van der Waals surface area contributed by atoms with Crippen LogP contribution in [0, 0.1) is 0 Å². The topological polar surface area (TPSA) is 84.1 Å². The van der Waals surface area contributed by atoms with Gasteiger partial charge in [0.1, 0.15) is 0 Å². The Bertz CT molecular complexity index is 607. The van der Waals surface area contributed by atoms with Gasteiger partial charge in [-0.3, -0.25) is 9.89 Å². The van der Waals surface area contributed by atoms with Crippen molar-refractivity contribution in [2.45, 2.75) is 26.2 Å². The Morgan fingerprint density at radius 2 is 2.27 bits per heavy atom. The normalized spacial score (nSPS) is 10.4. The minimum Gasteiger partial charge on any atom is -0.451 e. The molecule has 0 atom stereocenters. The lowest BCUT2D eigenvalue weighted by Gasteiger charge is -2.04. The van der Waals surface area contributed by atoms with Crippen LogP contribution >= 0.6 is 11.3 Å². The second-order valence-corrected chi connectivity index (χ2v) is 5.82. The summed E-state index contributed by atoms with van der Waals surface area (Å²) in [6.45, 7) is 2.28. The molecule has 0 bridgehead atoms. The van der Waals surface area contributed by atoms with Crippen LogP contribution < -0.4 is 5.32 Å². The summed E-state index contributed by atoms with van der Waals surface area (Å²) in [7, 11) is 0. The van der Waals surface area contributed by atoms with Gasteiger partial charge < -0.3 is 10.1 Å². The second-order valence-electron chi connectivity index (χ2n) is 4.78.